The van der Waals surface area contributed by atoms with E-state index >= 15 is 0 Å². The van der Waals surface area contributed by atoms with Crippen LogP contribution in [0.4, 0.5) is 5.69 Å². The molecule has 1 saturated heterocycles. The Labute approximate surface area is 172 Å². The highest BCUT2D eigenvalue weighted by Gasteiger charge is 2.17. The van der Waals surface area contributed by atoms with E-state index in [1.165, 1.54) is 18.4 Å². The number of benzene rings is 2. The van der Waals surface area contributed by atoms with Crippen molar-refractivity contribution in [2.75, 3.05) is 25.0 Å². The van der Waals surface area contributed by atoms with Crippen LogP contribution in [0.3, 0.4) is 0 Å². The predicted molar refractivity (Wildman–Crippen MR) is 117 cm³/mol. The Hall–Kier alpha value is -2.92. The molecule has 1 heterocycles. The van der Waals surface area contributed by atoms with Crippen molar-refractivity contribution < 1.29 is 9.59 Å². The number of piperidine rings is 1. The highest BCUT2D eigenvalue weighted by molar-refractivity contribution is 6.09. The van der Waals surface area contributed by atoms with Crippen LogP contribution in [0, 0.1) is 5.92 Å². The van der Waals surface area contributed by atoms with E-state index in [0.29, 0.717) is 23.4 Å². The van der Waals surface area contributed by atoms with Crippen LogP contribution in [0.15, 0.2) is 61.2 Å². The van der Waals surface area contributed by atoms with Gasteiger partial charge in [0.1, 0.15) is 0 Å². The molecular weight excluding hydrogens is 362 g/mol. The fraction of sp³-hybridized carbons (Fsp3) is 0.333. The molecule has 1 atom stereocenters. The van der Waals surface area contributed by atoms with Crippen molar-refractivity contribution in [1.29, 1.82) is 0 Å². The largest absolute Gasteiger partial charge is 0.349 e. The number of para-hydroxylation sites is 1. The summed E-state index contributed by atoms with van der Waals surface area (Å²) in [5.41, 5.74) is 2.70. The Bertz CT molecular complexity index is 861. The maximum Gasteiger partial charge on any atom is 0.255 e. The number of carbonyl (C=O) groups is 2. The molecule has 1 aliphatic rings. The van der Waals surface area contributed by atoms with Gasteiger partial charge in [-0.2, -0.15) is 0 Å². The van der Waals surface area contributed by atoms with Crippen LogP contribution in [0.2, 0.25) is 0 Å². The van der Waals surface area contributed by atoms with Gasteiger partial charge in [-0.1, -0.05) is 37.3 Å². The van der Waals surface area contributed by atoms with Gasteiger partial charge in [0, 0.05) is 25.2 Å². The maximum absolute atomic E-state index is 12.7. The highest BCUT2D eigenvalue weighted by atomic mass is 16.2. The van der Waals surface area contributed by atoms with Crippen LogP contribution in [-0.2, 0) is 6.54 Å². The number of likely N-dealkylation sites (tertiary alicyclic amines) is 1. The monoisotopic (exact) mass is 391 g/mol. The number of hydrogen-bond donors (Lipinski definition) is 2. The standard InChI is InChI=1S/C24H29N3O2/c1-3-14-25-24(29)21-8-4-5-9-22(21)26-23(28)20-12-10-19(11-13-20)17-27-15-6-7-18(2)16-27/h3-5,8-13,18H,1,6-7,14-17H2,2H3,(H,25,29)(H,26,28)/t18-/m0/s1. The molecule has 0 aliphatic carbocycles. The molecular formula is C24H29N3O2. The highest BCUT2D eigenvalue weighted by Crippen LogP contribution is 2.19. The van der Waals surface area contributed by atoms with Crippen molar-refractivity contribution >= 4 is 17.5 Å². The van der Waals surface area contributed by atoms with Crippen LogP contribution < -0.4 is 10.6 Å². The molecule has 0 unspecified atom stereocenters. The zero-order valence-corrected chi connectivity index (χ0v) is 17.0. The molecule has 0 bridgehead atoms. The van der Waals surface area contributed by atoms with Gasteiger partial charge in [-0.25, -0.2) is 0 Å². The molecule has 1 aliphatic heterocycles. The molecule has 5 heteroatoms. The second-order valence-corrected chi connectivity index (χ2v) is 7.68. The number of amides is 2. The van der Waals surface area contributed by atoms with E-state index < -0.39 is 0 Å². The lowest BCUT2D eigenvalue weighted by molar-refractivity contribution is 0.0959. The van der Waals surface area contributed by atoms with Crippen molar-refractivity contribution in [3.05, 3.63) is 77.9 Å². The van der Waals surface area contributed by atoms with Crippen molar-refractivity contribution in [2.24, 2.45) is 5.92 Å². The summed E-state index contributed by atoms with van der Waals surface area (Å²) in [6.07, 6.45) is 4.18. The van der Waals surface area contributed by atoms with Crippen LogP contribution in [0.25, 0.3) is 0 Å². The van der Waals surface area contributed by atoms with Gasteiger partial charge in [0.25, 0.3) is 11.8 Å². The van der Waals surface area contributed by atoms with Gasteiger partial charge in [-0.3, -0.25) is 14.5 Å². The van der Waals surface area contributed by atoms with Crippen molar-refractivity contribution in [2.45, 2.75) is 26.3 Å². The molecule has 0 saturated carbocycles. The minimum absolute atomic E-state index is 0.230. The van der Waals surface area contributed by atoms with Crippen LogP contribution in [0.1, 0.15) is 46.0 Å². The number of anilines is 1. The molecule has 0 aromatic heterocycles. The van der Waals surface area contributed by atoms with Crippen LogP contribution >= 0.6 is 0 Å². The summed E-state index contributed by atoms with van der Waals surface area (Å²) in [5, 5.41) is 5.59. The first kappa shape index (κ1) is 20.8. The molecule has 0 radical (unpaired) electrons. The van der Waals surface area contributed by atoms with Gasteiger partial charge >= 0.3 is 0 Å². The fourth-order valence-electron chi connectivity index (χ4n) is 3.69. The number of nitrogens with one attached hydrogen (secondary N) is 2. The molecule has 2 N–H and O–H groups in total. The van der Waals surface area contributed by atoms with Gasteiger partial charge in [0.15, 0.2) is 0 Å². The van der Waals surface area contributed by atoms with E-state index in [1.54, 1.807) is 30.3 Å². The molecule has 0 spiro atoms. The minimum Gasteiger partial charge on any atom is -0.349 e. The number of hydrogen-bond acceptors (Lipinski definition) is 3. The zero-order valence-electron chi connectivity index (χ0n) is 17.0. The summed E-state index contributed by atoms with van der Waals surface area (Å²) < 4.78 is 0. The van der Waals surface area contributed by atoms with Crippen LogP contribution in [-0.4, -0.2) is 36.3 Å². The van der Waals surface area contributed by atoms with Gasteiger partial charge in [-0.15, -0.1) is 6.58 Å². The van der Waals surface area contributed by atoms with E-state index in [1.807, 2.05) is 24.3 Å². The van der Waals surface area contributed by atoms with Gasteiger partial charge in [-0.05, 0) is 55.1 Å². The van der Waals surface area contributed by atoms with Gasteiger partial charge in [0.2, 0.25) is 0 Å². The second kappa shape index (κ2) is 10.0. The Morgan fingerprint density at radius 1 is 1.14 bits per heavy atom. The molecule has 29 heavy (non-hydrogen) atoms. The average molecular weight is 392 g/mol. The summed E-state index contributed by atoms with van der Waals surface area (Å²) >= 11 is 0. The van der Waals surface area contributed by atoms with Crippen molar-refractivity contribution in [3.8, 4) is 0 Å². The minimum atomic E-state index is -0.244. The molecule has 2 aromatic rings. The Balaban J connectivity index is 1.64. The summed E-state index contributed by atoms with van der Waals surface area (Å²) in [4.78, 5) is 27.4. The third-order valence-corrected chi connectivity index (χ3v) is 5.19. The van der Waals surface area contributed by atoms with E-state index in [2.05, 4.69) is 29.0 Å². The lowest BCUT2D eigenvalue weighted by atomic mass is 9.99. The summed E-state index contributed by atoms with van der Waals surface area (Å²) in [6.45, 7) is 9.45. The van der Waals surface area contributed by atoms with E-state index in [-0.39, 0.29) is 11.8 Å². The molecule has 2 amide bonds. The molecule has 152 valence electrons. The molecule has 5 nitrogen and oxygen atoms in total. The normalized spacial score (nSPS) is 16.8. The average Bonchev–Trinajstić information content (AvgIpc) is 2.73. The number of carbonyl (C=O) groups excluding carboxylic acids is 2. The van der Waals surface area contributed by atoms with E-state index in [0.717, 1.165) is 25.6 Å². The number of nitrogens with zero attached hydrogens (tertiary/aromatic N) is 1. The first-order valence-corrected chi connectivity index (χ1v) is 10.2. The smallest absolute Gasteiger partial charge is 0.255 e. The predicted octanol–water partition coefficient (Wildman–Crippen LogP) is 4.09. The quantitative estimate of drug-likeness (QED) is 0.699. The summed E-state index contributed by atoms with van der Waals surface area (Å²) in [6, 6.07) is 14.7. The SMILES string of the molecule is C=CCNC(=O)c1ccccc1NC(=O)c1ccc(CN2CCC[C@H](C)C2)cc1. The van der Waals surface area contributed by atoms with Gasteiger partial charge in [0.05, 0.1) is 11.3 Å². The fourth-order valence-corrected chi connectivity index (χ4v) is 3.69. The zero-order chi connectivity index (χ0) is 20.6. The Morgan fingerprint density at radius 3 is 2.62 bits per heavy atom. The Morgan fingerprint density at radius 2 is 1.90 bits per heavy atom. The summed E-state index contributed by atoms with van der Waals surface area (Å²) in [5.74, 6) is 0.275. The number of rotatable bonds is 7. The van der Waals surface area contributed by atoms with Crippen molar-refractivity contribution in [1.82, 2.24) is 10.2 Å². The first-order chi connectivity index (χ1) is 14.1. The van der Waals surface area contributed by atoms with E-state index in [4.69, 9.17) is 0 Å². The molecule has 2 aromatic carbocycles. The maximum atomic E-state index is 12.7. The first-order valence-electron chi connectivity index (χ1n) is 10.2. The van der Waals surface area contributed by atoms with E-state index in [9.17, 15) is 9.59 Å². The molecule has 1 fully saturated rings. The second-order valence-electron chi connectivity index (χ2n) is 7.68. The van der Waals surface area contributed by atoms with Crippen molar-refractivity contribution in [3.63, 3.8) is 0 Å². The molecule has 3 rings (SSSR count). The third-order valence-electron chi connectivity index (χ3n) is 5.19. The lowest BCUT2D eigenvalue weighted by Gasteiger charge is -2.30. The lowest BCUT2D eigenvalue weighted by Crippen LogP contribution is -2.33. The topological polar surface area (TPSA) is 61.4 Å². The van der Waals surface area contributed by atoms with Crippen LogP contribution in [0.5, 0.6) is 0 Å². The Kier molecular flexibility index (Phi) is 7.19. The third kappa shape index (κ3) is 5.78. The summed E-state index contributed by atoms with van der Waals surface area (Å²) in [7, 11) is 0. The van der Waals surface area contributed by atoms with Gasteiger partial charge < -0.3 is 10.6 Å².